The molecule has 1 fully saturated rings. The predicted octanol–water partition coefficient (Wildman–Crippen LogP) is 3.78. The van der Waals surface area contributed by atoms with Gasteiger partial charge in [0.25, 0.3) is 5.91 Å². The molecule has 0 bridgehead atoms. The summed E-state index contributed by atoms with van der Waals surface area (Å²) in [6.07, 6.45) is 6.00. The fraction of sp³-hybridized carbons (Fsp3) is 0.348. The summed E-state index contributed by atoms with van der Waals surface area (Å²) in [5.41, 5.74) is 4.00. The molecule has 5 rings (SSSR count). The van der Waals surface area contributed by atoms with Crippen LogP contribution in [0.3, 0.4) is 0 Å². The maximum absolute atomic E-state index is 12.6. The molecule has 3 aliphatic rings. The van der Waals surface area contributed by atoms with Gasteiger partial charge in [-0.2, -0.15) is 0 Å². The highest BCUT2D eigenvalue weighted by molar-refractivity contribution is 5.95. The minimum absolute atomic E-state index is 0.00785. The molecule has 2 aromatic rings. The van der Waals surface area contributed by atoms with Gasteiger partial charge in [0.2, 0.25) is 0 Å². The largest absolute Gasteiger partial charge is 0.478 e. The first-order valence-electron chi connectivity index (χ1n) is 10.3. The number of carboxylic acid groups (broad SMARTS) is 1. The zero-order valence-corrected chi connectivity index (χ0v) is 16.8. The summed E-state index contributed by atoms with van der Waals surface area (Å²) in [4.78, 5) is 32.4. The molecule has 2 aliphatic heterocycles. The van der Waals surface area contributed by atoms with Crippen LogP contribution in [0.5, 0.6) is 5.75 Å². The number of anilines is 2. The SMILES string of the molecule is CC1CC(C(=O)O)=Cc2ccc(N3COc4cc(C(=O)N5CCCC5)cnc43)cc21. The minimum Gasteiger partial charge on any atom is -0.478 e. The maximum atomic E-state index is 12.6. The van der Waals surface area contributed by atoms with Gasteiger partial charge in [0.05, 0.1) is 5.56 Å². The molecule has 1 aromatic heterocycles. The molecule has 0 spiro atoms. The number of aliphatic carboxylic acids is 1. The van der Waals surface area contributed by atoms with Gasteiger partial charge in [-0.1, -0.05) is 13.0 Å². The number of benzene rings is 1. The molecule has 30 heavy (non-hydrogen) atoms. The number of pyridine rings is 1. The van der Waals surface area contributed by atoms with Gasteiger partial charge in [-0.3, -0.25) is 9.69 Å². The molecule has 1 unspecified atom stereocenters. The van der Waals surface area contributed by atoms with Crippen LogP contribution in [0, 0.1) is 0 Å². The Labute approximate surface area is 174 Å². The lowest BCUT2D eigenvalue weighted by molar-refractivity contribution is -0.132. The van der Waals surface area contributed by atoms with E-state index >= 15 is 0 Å². The summed E-state index contributed by atoms with van der Waals surface area (Å²) in [7, 11) is 0. The lowest BCUT2D eigenvalue weighted by Gasteiger charge is -2.24. The smallest absolute Gasteiger partial charge is 0.331 e. The van der Waals surface area contributed by atoms with E-state index in [1.165, 1.54) is 0 Å². The summed E-state index contributed by atoms with van der Waals surface area (Å²) in [5, 5.41) is 9.32. The molecular weight excluding hydrogens is 382 g/mol. The van der Waals surface area contributed by atoms with Gasteiger partial charge in [0, 0.05) is 30.5 Å². The van der Waals surface area contributed by atoms with Crippen molar-refractivity contribution in [3.8, 4) is 5.75 Å². The first-order chi connectivity index (χ1) is 14.5. The van der Waals surface area contributed by atoms with Crippen LogP contribution >= 0.6 is 0 Å². The van der Waals surface area contributed by atoms with Crippen molar-refractivity contribution in [1.82, 2.24) is 9.88 Å². The lowest BCUT2D eigenvalue weighted by atomic mass is 9.84. The standard InChI is InChI=1S/C23H23N3O4/c1-14-8-16(23(28)29)9-15-4-5-18(11-19(14)15)26-13-30-20-10-17(12-24-21(20)26)22(27)25-6-2-3-7-25/h4-5,9-12,14H,2-3,6-8,13H2,1H3,(H,28,29). The van der Waals surface area contributed by atoms with Crippen molar-refractivity contribution in [2.45, 2.75) is 32.1 Å². The van der Waals surface area contributed by atoms with Gasteiger partial charge in [-0.25, -0.2) is 9.78 Å². The van der Waals surface area contributed by atoms with Gasteiger partial charge < -0.3 is 14.7 Å². The van der Waals surface area contributed by atoms with Crippen molar-refractivity contribution in [3.05, 3.63) is 52.7 Å². The summed E-state index contributed by atoms with van der Waals surface area (Å²) in [6, 6.07) is 7.77. The number of carbonyl (C=O) groups is 2. The van der Waals surface area contributed by atoms with E-state index in [-0.39, 0.29) is 11.8 Å². The quantitative estimate of drug-likeness (QED) is 0.837. The summed E-state index contributed by atoms with van der Waals surface area (Å²) < 4.78 is 5.84. The first kappa shape index (κ1) is 18.7. The number of nitrogens with zero attached hydrogens (tertiary/aromatic N) is 3. The monoisotopic (exact) mass is 405 g/mol. The highest BCUT2D eigenvalue weighted by Crippen LogP contribution is 2.41. The molecule has 0 saturated carbocycles. The van der Waals surface area contributed by atoms with Crippen molar-refractivity contribution in [3.63, 3.8) is 0 Å². The van der Waals surface area contributed by atoms with Crippen LogP contribution in [0.4, 0.5) is 11.5 Å². The summed E-state index contributed by atoms with van der Waals surface area (Å²) in [6.45, 7) is 3.97. The second-order valence-electron chi connectivity index (χ2n) is 8.14. The highest BCUT2D eigenvalue weighted by Gasteiger charge is 2.28. The normalized spacial score (nSPS) is 19.8. The third-order valence-electron chi connectivity index (χ3n) is 6.12. The van der Waals surface area contributed by atoms with Gasteiger partial charge >= 0.3 is 5.97 Å². The maximum Gasteiger partial charge on any atom is 0.331 e. The molecular formula is C23H23N3O4. The Balaban J connectivity index is 1.43. The molecule has 1 amide bonds. The molecule has 0 radical (unpaired) electrons. The fourth-order valence-electron chi connectivity index (χ4n) is 4.48. The lowest BCUT2D eigenvalue weighted by Crippen LogP contribution is -2.27. The third kappa shape index (κ3) is 3.10. The fourth-order valence-corrected chi connectivity index (χ4v) is 4.48. The molecule has 1 atom stereocenters. The Kier molecular flexibility index (Phi) is 4.46. The van der Waals surface area contributed by atoms with Crippen molar-refractivity contribution in [2.24, 2.45) is 0 Å². The van der Waals surface area contributed by atoms with Crippen molar-refractivity contribution < 1.29 is 19.4 Å². The van der Waals surface area contributed by atoms with Crippen LogP contribution in [0.1, 0.15) is 53.6 Å². The Morgan fingerprint density at radius 2 is 2.00 bits per heavy atom. The van der Waals surface area contributed by atoms with Gasteiger partial charge in [0.15, 0.2) is 18.3 Å². The Morgan fingerprint density at radius 1 is 1.20 bits per heavy atom. The van der Waals surface area contributed by atoms with Crippen molar-refractivity contribution in [2.75, 3.05) is 24.7 Å². The molecule has 1 saturated heterocycles. The third-order valence-corrected chi connectivity index (χ3v) is 6.12. The molecule has 154 valence electrons. The number of carboxylic acids is 1. The second kappa shape index (κ2) is 7.16. The number of carbonyl (C=O) groups excluding carboxylic acids is 1. The van der Waals surface area contributed by atoms with E-state index < -0.39 is 5.97 Å². The van der Waals surface area contributed by atoms with E-state index in [1.54, 1.807) is 18.3 Å². The Bertz CT molecular complexity index is 1070. The van der Waals surface area contributed by atoms with Gasteiger partial charge in [-0.05, 0) is 60.6 Å². The topological polar surface area (TPSA) is 83.0 Å². The average Bonchev–Trinajstić information content (AvgIpc) is 3.42. The number of hydrogen-bond donors (Lipinski definition) is 1. The van der Waals surface area contributed by atoms with Crippen LogP contribution < -0.4 is 9.64 Å². The van der Waals surface area contributed by atoms with Crippen LogP contribution in [0.25, 0.3) is 6.08 Å². The zero-order chi connectivity index (χ0) is 20.8. The van der Waals surface area contributed by atoms with E-state index in [2.05, 4.69) is 11.1 Å². The van der Waals surface area contributed by atoms with Crippen LogP contribution in [-0.4, -0.2) is 46.7 Å². The summed E-state index contributed by atoms with van der Waals surface area (Å²) >= 11 is 0. The number of hydrogen-bond acceptors (Lipinski definition) is 5. The van der Waals surface area contributed by atoms with Gasteiger partial charge in [-0.15, -0.1) is 0 Å². The molecule has 1 aromatic carbocycles. The van der Waals surface area contributed by atoms with Crippen LogP contribution in [0.15, 0.2) is 36.0 Å². The molecule has 7 heteroatoms. The minimum atomic E-state index is -0.859. The average molecular weight is 405 g/mol. The number of ether oxygens (including phenoxy) is 1. The van der Waals surface area contributed by atoms with Gasteiger partial charge in [0.1, 0.15) is 0 Å². The van der Waals surface area contributed by atoms with Crippen LogP contribution in [0.2, 0.25) is 0 Å². The Hall–Kier alpha value is -3.35. The van der Waals surface area contributed by atoms with E-state index in [1.807, 2.05) is 28.9 Å². The predicted molar refractivity (Wildman–Crippen MR) is 112 cm³/mol. The molecule has 1 aliphatic carbocycles. The zero-order valence-electron chi connectivity index (χ0n) is 16.8. The molecule has 3 heterocycles. The number of likely N-dealkylation sites (tertiary alicyclic amines) is 1. The Morgan fingerprint density at radius 3 is 2.77 bits per heavy atom. The highest BCUT2D eigenvalue weighted by atomic mass is 16.5. The number of fused-ring (bicyclic) bond motifs is 2. The van der Waals surface area contributed by atoms with E-state index in [4.69, 9.17) is 4.74 Å². The second-order valence-corrected chi connectivity index (χ2v) is 8.14. The molecule has 1 N–H and O–H groups in total. The number of aromatic nitrogens is 1. The van der Waals surface area contributed by atoms with Crippen molar-refractivity contribution in [1.29, 1.82) is 0 Å². The number of amides is 1. The number of rotatable bonds is 3. The van der Waals surface area contributed by atoms with Crippen LogP contribution in [-0.2, 0) is 4.79 Å². The van der Waals surface area contributed by atoms with Crippen molar-refractivity contribution >= 4 is 29.5 Å². The van der Waals surface area contributed by atoms with E-state index in [9.17, 15) is 14.7 Å². The first-order valence-corrected chi connectivity index (χ1v) is 10.3. The molecule has 7 nitrogen and oxygen atoms in total. The van der Waals surface area contributed by atoms with E-state index in [0.29, 0.717) is 35.9 Å². The van der Waals surface area contributed by atoms with E-state index in [0.717, 1.165) is 42.7 Å². The summed E-state index contributed by atoms with van der Waals surface area (Å²) in [5.74, 6) is 0.569.